The summed E-state index contributed by atoms with van der Waals surface area (Å²) in [6.45, 7) is 1.47. The molecule has 1 aromatic heterocycles. The molecule has 0 spiro atoms. The topological polar surface area (TPSA) is 63.3 Å². The SMILES string of the molecule is Cc1nc(-c2ccccc2C(F)(F)F)c(CC(Cl)C(=O)O)o1. The highest BCUT2D eigenvalue weighted by molar-refractivity contribution is 6.29. The number of aliphatic carboxylic acids is 1. The molecule has 0 saturated carbocycles. The number of nitrogens with zero attached hydrogens (tertiary/aromatic N) is 1. The minimum atomic E-state index is -4.56. The van der Waals surface area contributed by atoms with Gasteiger partial charge in [0.2, 0.25) is 0 Å². The van der Waals surface area contributed by atoms with Gasteiger partial charge in [-0.15, -0.1) is 11.6 Å². The summed E-state index contributed by atoms with van der Waals surface area (Å²) >= 11 is 5.64. The molecule has 4 nitrogen and oxygen atoms in total. The van der Waals surface area contributed by atoms with Crippen molar-refractivity contribution in [1.29, 1.82) is 0 Å². The predicted octanol–water partition coefficient (Wildman–Crippen LogP) is 3.90. The summed E-state index contributed by atoms with van der Waals surface area (Å²) in [7, 11) is 0. The molecule has 0 aliphatic carbocycles. The molecule has 0 radical (unpaired) electrons. The molecule has 8 heteroatoms. The lowest BCUT2D eigenvalue weighted by Crippen LogP contribution is -2.16. The highest BCUT2D eigenvalue weighted by Crippen LogP contribution is 2.38. The van der Waals surface area contributed by atoms with E-state index in [0.717, 1.165) is 6.07 Å². The molecular weight excluding hydrogens is 323 g/mol. The first kappa shape index (κ1) is 16.4. The zero-order valence-electron chi connectivity index (χ0n) is 11.3. The largest absolute Gasteiger partial charge is 0.480 e. The summed E-state index contributed by atoms with van der Waals surface area (Å²) in [5, 5.41) is 7.51. The van der Waals surface area contributed by atoms with Gasteiger partial charge in [-0.1, -0.05) is 18.2 Å². The molecule has 2 rings (SSSR count). The summed E-state index contributed by atoms with van der Waals surface area (Å²) in [5.41, 5.74) is -1.08. The summed E-state index contributed by atoms with van der Waals surface area (Å²) in [5.74, 6) is -1.14. The van der Waals surface area contributed by atoms with Crippen LogP contribution in [0.5, 0.6) is 0 Å². The quantitative estimate of drug-likeness (QED) is 0.862. The Morgan fingerprint density at radius 3 is 2.64 bits per heavy atom. The van der Waals surface area contributed by atoms with Gasteiger partial charge in [-0.05, 0) is 6.07 Å². The number of aromatic nitrogens is 1. The number of benzene rings is 1. The van der Waals surface area contributed by atoms with Crippen LogP contribution in [-0.2, 0) is 17.4 Å². The summed E-state index contributed by atoms with van der Waals surface area (Å²) in [6.07, 6.45) is -4.83. The van der Waals surface area contributed by atoms with Crippen LogP contribution in [0.3, 0.4) is 0 Å². The van der Waals surface area contributed by atoms with Crippen LogP contribution in [0.1, 0.15) is 17.2 Å². The Balaban J connectivity index is 2.53. The fourth-order valence-electron chi connectivity index (χ4n) is 2.00. The Hall–Kier alpha value is -2.02. The second-order valence-corrected chi connectivity index (χ2v) is 5.08. The Morgan fingerprint density at radius 1 is 1.41 bits per heavy atom. The van der Waals surface area contributed by atoms with E-state index in [2.05, 4.69) is 4.98 Å². The lowest BCUT2D eigenvalue weighted by atomic mass is 10.0. The third kappa shape index (κ3) is 3.41. The maximum absolute atomic E-state index is 13.1. The standard InChI is InChI=1S/C14H11ClF3NO3/c1-7-19-12(11(22-7)6-10(15)13(20)21)8-4-2-3-5-9(8)14(16,17)18/h2-5,10H,6H2,1H3,(H,20,21). The van der Waals surface area contributed by atoms with Gasteiger partial charge in [-0.2, -0.15) is 13.2 Å². The number of rotatable bonds is 4. The summed E-state index contributed by atoms with van der Waals surface area (Å²) in [4.78, 5) is 14.8. The van der Waals surface area contributed by atoms with Crippen molar-refractivity contribution in [3.05, 3.63) is 41.5 Å². The molecule has 0 aliphatic heterocycles. The van der Waals surface area contributed by atoms with Crippen LogP contribution < -0.4 is 0 Å². The molecule has 1 N–H and O–H groups in total. The van der Waals surface area contributed by atoms with E-state index in [1.54, 1.807) is 0 Å². The molecule has 118 valence electrons. The highest BCUT2D eigenvalue weighted by atomic mass is 35.5. The third-order valence-corrected chi connectivity index (χ3v) is 3.27. The van der Waals surface area contributed by atoms with Crippen molar-refractivity contribution in [2.75, 3.05) is 0 Å². The first-order valence-electron chi connectivity index (χ1n) is 6.20. The van der Waals surface area contributed by atoms with Crippen molar-refractivity contribution < 1.29 is 27.5 Å². The number of aryl methyl sites for hydroxylation is 1. The van der Waals surface area contributed by atoms with Crippen molar-refractivity contribution in [3.8, 4) is 11.3 Å². The first-order chi connectivity index (χ1) is 10.2. The molecule has 0 fully saturated rings. The summed E-state index contributed by atoms with van der Waals surface area (Å²) in [6, 6.07) is 4.89. The number of oxazole rings is 1. The zero-order valence-corrected chi connectivity index (χ0v) is 12.1. The van der Waals surface area contributed by atoms with E-state index < -0.39 is 23.1 Å². The van der Waals surface area contributed by atoms with E-state index >= 15 is 0 Å². The molecule has 0 amide bonds. The molecule has 1 aromatic carbocycles. The number of hydrogen-bond acceptors (Lipinski definition) is 3. The van der Waals surface area contributed by atoms with Gasteiger partial charge in [0.1, 0.15) is 16.8 Å². The monoisotopic (exact) mass is 333 g/mol. The fraction of sp³-hybridized carbons (Fsp3) is 0.286. The van der Waals surface area contributed by atoms with Gasteiger partial charge >= 0.3 is 12.1 Å². The Morgan fingerprint density at radius 2 is 2.05 bits per heavy atom. The van der Waals surface area contributed by atoms with Crippen molar-refractivity contribution in [2.24, 2.45) is 0 Å². The van der Waals surface area contributed by atoms with Crippen molar-refractivity contribution in [1.82, 2.24) is 4.98 Å². The van der Waals surface area contributed by atoms with Gasteiger partial charge in [0.05, 0.1) is 5.56 Å². The number of halogens is 4. The van der Waals surface area contributed by atoms with Gasteiger partial charge in [0.15, 0.2) is 5.89 Å². The second-order valence-electron chi connectivity index (χ2n) is 4.56. The van der Waals surface area contributed by atoms with Crippen LogP contribution in [0.2, 0.25) is 0 Å². The van der Waals surface area contributed by atoms with E-state index in [4.69, 9.17) is 21.1 Å². The fourth-order valence-corrected chi connectivity index (χ4v) is 2.15. The Labute approximate surface area is 128 Å². The normalized spacial score (nSPS) is 13.1. The van der Waals surface area contributed by atoms with E-state index in [-0.39, 0.29) is 29.3 Å². The molecule has 0 aliphatic rings. The molecular formula is C14H11ClF3NO3. The lowest BCUT2D eigenvalue weighted by Gasteiger charge is -2.12. The van der Waals surface area contributed by atoms with Crippen LogP contribution in [0.15, 0.2) is 28.7 Å². The van der Waals surface area contributed by atoms with E-state index in [1.165, 1.54) is 25.1 Å². The van der Waals surface area contributed by atoms with Crippen molar-refractivity contribution in [2.45, 2.75) is 24.9 Å². The van der Waals surface area contributed by atoms with E-state index in [9.17, 15) is 18.0 Å². The molecule has 2 aromatic rings. The molecule has 1 unspecified atom stereocenters. The number of carboxylic acid groups (broad SMARTS) is 1. The minimum Gasteiger partial charge on any atom is -0.480 e. The van der Waals surface area contributed by atoms with Crippen LogP contribution in [0.4, 0.5) is 13.2 Å². The molecule has 22 heavy (non-hydrogen) atoms. The third-order valence-electron chi connectivity index (χ3n) is 2.92. The zero-order chi connectivity index (χ0) is 16.5. The first-order valence-corrected chi connectivity index (χ1v) is 6.63. The van der Waals surface area contributed by atoms with Gasteiger partial charge in [-0.25, -0.2) is 4.98 Å². The van der Waals surface area contributed by atoms with E-state index in [0.29, 0.717) is 0 Å². The Bertz CT molecular complexity index is 697. The van der Waals surface area contributed by atoms with Crippen LogP contribution in [0.25, 0.3) is 11.3 Å². The number of hydrogen-bond donors (Lipinski definition) is 1. The molecule has 0 bridgehead atoms. The van der Waals surface area contributed by atoms with Crippen LogP contribution in [-0.4, -0.2) is 21.4 Å². The Kier molecular flexibility index (Phi) is 4.46. The van der Waals surface area contributed by atoms with E-state index in [1.807, 2.05) is 0 Å². The van der Waals surface area contributed by atoms with Crippen molar-refractivity contribution >= 4 is 17.6 Å². The maximum Gasteiger partial charge on any atom is 0.417 e. The average Bonchev–Trinajstić information content (AvgIpc) is 2.78. The number of alkyl halides is 4. The number of carboxylic acids is 1. The highest BCUT2D eigenvalue weighted by Gasteiger charge is 2.35. The minimum absolute atomic E-state index is 0.0107. The smallest absolute Gasteiger partial charge is 0.417 e. The average molecular weight is 334 g/mol. The number of carbonyl (C=O) groups is 1. The van der Waals surface area contributed by atoms with Gasteiger partial charge < -0.3 is 9.52 Å². The predicted molar refractivity (Wildman–Crippen MR) is 72.7 cm³/mol. The van der Waals surface area contributed by atoms with Gasteiger partial charge in [0, 0.05) is 18.9 Å². The molecule has 0 saturated heterocycles. The maximum atomic E-state index is 13.1. The molecule has 1 heterocycles. The summed E-state index contributed by atoms with van der Waals surface area (Å²) < 4.78 is 44.5. The van der Waals surface area contributed by atoms with Gasteiger partial charge in [0.25, 0.3) is 0 Å². The van der Waals surface area contributed by atoms with Gasteiger partial charge in [-0.3, -0.25) is 4.79 Å². The van der Waals surface area contributed by atoms with Crippen LogP contribution in [0, 0.1) is 6.92 Å². The van der Waals surface area contributed by atoms with Crippen molar-refractivity contribution in [3.63, 3.8) is 0 Å². The molecule has 1 atom stereocenters. The second kappa shape index (κ2) is 6.00. The van der Waals surface area contributed by atoms with Crippen LogP contribution >= 0.6 is 11.6 Å². The lowest BCUT2D eigenvalue weighted by molar-refractivity contribution is -0.137.